The second kappa shape index (κ2) is 3.38. The molecule has 0 aliphatic heterocycles. The molecular weight excluding hydrogens is 156 g/mol. The molecule has 0 atom stereocenters. The van der Waals surface area contributed by atoms with Crippen molar-refractivity contribution >= 4 is 5.91 Å². The largest absolute Gasteiger partial charge is 0.448 e. The fourth-order valence-electron chi connectivity index (χ4n) is 0.801. The Morgan fingerprint density at radius 3 is 2.83 bits per heavy atom. The van der Waals surface area contributed by atoms with Gasteiger partial charge < -0.3 is 9.32 Å². The molecule has 0 saturated heterocycles. The molecule has 0 saturated carbocycles. The maximum absolute atomic E-state index is 11.4. The van der Waals surface area contributed by atoms with Crippen molar-refractivity contribution in [3.8, 4) is 0 Å². The average molecular weight is 168 g/mol. The summed E-state index contributed by atoms with van der Waals surface area (Å²) in [7, 11) is 1.73. The third-order valence-electron chi connectivity index (χ3n) is 1.66. The van der Waals surface area contributed by atoms with Crippen molar-refractivity contribution in [2.24, 2.45) is 0 Å². The normalized spacial score (nSPS) is 9.92. The lowest BCUT2D eigenvalue weighted by Crippen LogP contribution is -2.26. The van der Waals surface area contributed by atoms with E-state index in [-0.39, 0.29) is 5.91 Å². The van der Waals surface area contributed by atoms with Gasteiger partial charge in [-0.3, -0.25) is 4.79 Å². The summed E-state index contributed by atoms with van der Waals surface area (Å²) in [4.78, 5) is 16.9. The Balaban J connectivity index is 2.78. The van der Waals surface area contributed by atoms with Crippen molar-refractivity contribution in [3.63, 3.8) is 0 Å². The van der Waals surface area contributed by atoms with Crippen molar-refractivity contribution in [3.05, 3.63) is 17.8 Å². The molecule has 0 spiro atoms. The predicted octanol–water partition coefficient (Wildman–Crippen LogP) is 1.07. The van der Waals surface area contributed by atoms with Gasteiger partial charge in [-0.05, 0) is 6.92 Å². The van der Waals surface area contributed by atoms with Gasteiger partial charge in [0.05, 0.1) is 0 Å². The lowest BCUT2D eigenvalue weighted by atomic mass is 10.4. The molecule has 1 heterocycles. The fraction of sp³-hybridized carbons (Fsp3) is 0.500. The number of hydrogen-bond acceptors (Lipinski definition) is 3. The number of hydrogen-bond donors (Lipinski definition) is 0. The highest BCUT2D eigenvalue weighted by atomic mass is 16.3. The minimum Gasteiger partial charge on any atom is -0.448 e. The topological polar surface area (TPSA) is 46.3 Å². The van der Waals surface area contributed by atoms with Crippen LogP contribution in [-0.4, -0.2) is 29.4 Å². The smallest absolute Gasteiger partial charge is 0.275 e. The Hall–Kier alpha value is -1.32. The SMILES string of the molecule is CCN(C)C(=O)c1coc(C)n1. The van der Waals surface area contributed by atoms with Crippen LogP contribution in [0.15, 0.2) is 10.7 Å². The van der Waals surface area contributed by atoms with E-state index in [4.69, 9.17) is 4.42 Å². The molecule has 4 nitrogen and oxygen atoms in total. The van der Waals surface area contributed by atoms with E-state index < -0.39 is 0 Å². The van der Waals surface area contributed by atoms with Crippen LogP contribution in [0, 0.1) is 6.92 Å². The zero-order valence-corrected chi connectivity index (χ0v) is 7.50. The highest BCUT2D eigenvalue weighted by molar-refractivity contribution is 5.91. The molecule has 4 heteroatoms. The maximum atomic E-state index is 11.4. The number of amides is 1. The van der Waals surface area contributed by atoms with Crippen LogP contribution in [0.1, 0.15) is 23.3 Å². The van der Waals surface area contributed by atoms with E-state index in [0.29, 0.717) is 18.1 Å². The Morgan fingerprint density at radius 1 is 1.75 bits per heavy atom. The standard InChI is InChI=1S/C8H12N2O2/c1-4-10(3)8(11)7-5-12-6(2)9-7/h5H,4H2,1-3H3. The Labute approximate surface area is 71.2 Å². The summed E-state index contributed by atoms with van der Waals surface area (Å²) in [6, 6.07) is 0. The number of nitrogens with zero attached hydrogens (tertiary/aromatic N) is 2. The van der Waals surface area contributed by atoms with E-state index in [0.717, 1.165) is 0 Å². The van der Waals surface area contributed by atoms with Gasteiger partial charge in [-0.25, -0.2) is 4.98 Å². The molecule has 66 valence electrons. The molecule has 0 fully saturated rings. The number of aromatic nitrogens is 1. The summed E-state index contributed by atoms with van der Waals surface area (Å²) in [5, 5.41) is 0. The Bertz CT molecular complexity index is 280. The van der Waals surface area contributed by atoms with Crippen molar-refractivity contribution in [2.45, 2.75) is 13.8 Å². The van der Waals surface area contributed by atoms with Gasteiger partial charge in [0.1, 0.15) is 6.26 Å². The van der Waals surface area contributed by atoms with E-state index >= 15 is 0 Å². The van der Waals surface area contributed by atoms with E-state index in [2.05, 4.69) is 4.98 Å². The second-order valence-corrected chi connectivity index (χ2v) is 2.57. The first-order chi connectivity index (χ1) is 5.65. The minimum atomic E-state index is -0.102. The number of carbonyl (C=O) groups excluding carboxylic acids is 1. The van der Waals surface area contributed by atoms with Crippen LogP contribution in [0.4, 0.5) is 0 Å². The molecule has 12 heavy (non-hydrogen) atoms. The molecule has 1 aromatic rings. The van der Waals surface area contributed by atoms with Crippen LogP contribution in [-0.2, 0) is 0 Å². The Kier molecular flexibility index (Phi) is 2.47. The molecule has 1 aromatic heterocycles. The average Bonchev–Trinajstić information content (AvgIpc) is 2.49. The highest BCUT2D eigenvalue weighted by Crippen LogP contribution is 2.02. The lowest BCUT2D eigenvalue weighted by molar-refractivity contribution is 0.0796. The van der Waals surface area contributed by atoms with E-state index in [9.17, 15) is 4.79 Å². The van der Waals surface area contributed by atoms with Crippen LogP contribution in [0.5, 0.6) is 0 Å². The quantitative estimate of drug-likeness (QED) is 0.663. The second-order valence-electron chi connectivity index (χ2n) is 2.57. The van der Waals surface area contributed by atoms with E-state index in [1.807, 2.05) is 6.92 Å². The summed E-state index contributed by atoms with van der Waals surface area (Å²) >= 11 is 0. The molecule has 0 bridgehead atoms. The van der Waals surface area contributed by atoms with E-state index in [1.54, 1.807) is 18.9 Å². The van der Waals surface area contributed by atoms with Gasteiger partial charge in [0.2, 0.25) is 0 Å². The number of oxazole rings is 1. The van der Waals surface area contributed by atoms with E-state index in [1.165, 1.54) is 6.26 Å². The van der Waals surface area contributed by atoms with Crippen LogP contribution < -0.4 is 0 Å². The summed E-state index contributed by atoms with van der Waals surface area (Å²) in [6.07, 6.45) is 1.38. The predicted molar refractivity (Wildman–Crippen MR) is 43.9 cm³/mol. The first-order valence-corrected chi connectivity index (χ1v) is 3.82. The van der Waals surface area contributed by atoms with Gasteiger partial charge in [0.25, 0.3) is 5.91 Å². The molecule has 1 rings (SSSR count). The first kappa shape index (κ1) is 8.77. The minimum absolute atomic E-state index is 0.102. The van der Waals surface area contributed by atoms with Gasteiger partial charge in [0.15, 0.2) is 11.6 Å². The molecule has 0 N–H and O–H groups in total. The highest BCUT2D eigenvalue weighted by Gasteiger charge is 2.13. The number of rotatable bonds is 2. The molecule has 0 aliphatic rings. The zero-order valence-electron chi connectivity index (χ0n) is 7.50. The van der Waals surface area contributed by atoms with Crippen LogP contribution in [0.3, 0.4) is 0 Å². The van der Waals surface area contributed by atoms with Crippen LogP contribution in [0.2, 0.25) is 0 Å². The third kappa shape index (κ3) is 1.64. The zero-order chi connectivity index (χ0) is 9.14. The first-order valence-electron chi connectivity index (χ1n) is 3.82. The number of aryl methyl sites for hydroxylation is 1. The van der Waals surface area contributed by atoms with Crippen molar-refractivity contribution < 1.29 is 9.21 Å². The summed E-state index contributed by atoms with van der Waals surface area (Å²) in [5.41, 5.74) is 0.372. The summed E-state index contributed by atoms with van der Waals surface area (Å²) in [5.74, 6) is 0.414. The van der Waals surface area contributed by atoms with Crippen molar-refractivity contribution in [1.29, 1.82) is 0 Å². The molecule has 0 aromatic carbocycles. The van der Waals surface area contributed by atoms with Gasteiger partial charge in [-0.1, -0.05) is 0 Å². The third-order valence-corrected chi connectivity index (χ3v) is 1.66. The molecular formula is C8H12N2O2. The molecule has 0 aliphatic carbocycles. The fourth-order valence-corrected chi connectivity index (χ4v) is 0.801. The molecule has 0 unspecified atom stereocenters. The monoisotopic (exact) mass is 168 g/mol. The Morgan fingerprint density at radius 2 is 2.42 bits per heavy atom. The summed E-state index contributed by atoms with van der Waals surface area (Å²) < 4.78 is 4.92. The van der Waals surface area contributed by atoms with Gasteiger partial charge >= 0.3 is 0 Å². The van der Waals surface area contributed by atoms with Crippen molar-refractivity contribution in [2.75, 3.05) is 13.6 Å². The molecule has 1 amide bonds. The lowest BCUT2D eigenvalue weighted by Gasteiger charge is -2.11. The van der Waals surface area contributed by atoms with Gasteiger partial charge in [0, 0.05) is 20.5 Å². The molecule has 0 radical (unpaired) electrons. The van der Waals surface area contributed by atoms with Gasteiger partial charge in [-0.15, -0.1) is 0 Å². The maximum Gasteiger partial charge on any atom is 0.275 e. The van der Waals surface area contributed by atoms with Crippen LogP contribution in [0.25, 0.3) is 0 Å². The van der Waals surface area contributed by atoms with Crippen molar-refractivity contribution in [1.82, 2.24) is 9.88 Å². The number of carbonyl (C=O) groups is 1. The van der Waals surface area contributed by atoms with Crippen LogP contribution >= 0.6 is 0 Å². The van der Waals surface area contributed by atoms with Gasteiger partial charge in [-0.2, -0.15) is 0 Å². The summed E-state index contributed by atoms with van der Waals surface area (Å²) in [6.45, 7) is 4.29.